The molecule has 0 saturated carbocycles. The van der Waals surface area contributed by atoms with Crippen LogP contribution in [0.3, 0.4) is 0 Å². The molecule has 0 aromatic rings. The summed E-state index contributed by atoms with van der Waals surface area (Å²) in [7, 11) is -14.7. The Labute approximate surface area is 131 Å². The summed E-state index contributed by atoms with van der Waals surface area (Å²) in [5.74, 6) is -5.07. The summed E-state index contributed by atoms with van der Waals surface area (Å²) in [5.41, 5.74) is 10.6. The van der Waals surface area contributed by atoms with Crippen molar-refractivity contribution in [2.45, 2.75) is 11.8 Å². The van der Waals surface area contributed by atoms with Crippen LogP contribution in [0.1, 0.15) is 0 Å². The molecule has 0 spiro atoms. The van der Waals surface area contributed by atoms with E-state index in [9.17, 15) is 18.3 Å². The molecule has 4 atom stereocenters. The van der Waals surface area contributed by atoms with Gasteiger partial charge in [-0.1, -0.05) is 0 Å². The molecule has 15 nitrogen and oxygen atoms in total. The maximum atomic E-state index is 10.6. The Balaban J connectivity index is 4.86. The normalized spacial score (nSPS) is 22.5. The SMILES string of the molecule is NC(CNCC(N)(O[PH](=O)O)O[PH](=O)O)(O[PH](=O)O)O[PH](=O)O. The zero-order valence-corrected chi connectivity index (χ0v) is 15.1. The predicted molar refractivity (Wildman–Crippen MR) is 75.9 cm³/mol. The lowest BCUT2D eigenvalue weighted by Crippen LogP contribution is -2.56. The minimum atomic E-state index is -3.68. The summed E-state index contributed by atoms with van der Waals surface area (Å²) in [6, 6.07) is 0. The number of rotatable bonds is 12. The molecule has 0 aliphatic carbocycles. The lowest BCUT2D eigenvalue weighted by Gasteiger charge is -2.30. The first-order valence-corrected chi connectivity index (χ1v) is 10.4. The minimum absolute atomic E-state index is 0.759. The van der Waals surface area contributed by atoms with E-state index in [4.69, 9.17) is 31.0 Å². The van der Waals surface area contributed by atoms with Gasteiger partial charge in [0.15, 0.2) is 0 Å². The highest BCUT2D eigenvalue weighted by Gasteiger charge is 2.35. The van der Waals surface area contributed by atoms with Crippen molar-refractivity contribution >= 4 is 33.0 Å². The zero-order chi connectivity index (χ0) is 18.3. The zero-order valence-electron chi connectivity index (χ0n) is 11.1. The van der Waals surface area contributed by atoms with E-state index in [0.29, 0.717) is 0 Å². The van der Waals surface area contributed by atoms with Crippen LogP contribution in [0.25, 0.3) is 0 Å². The highest BCUT2D eigenvalue weighted by Crippen LogP contribution is 2.32. The van der Waals surface area contributed by atoms with Gasteiger partial charge in [0.2, 0.25) is 0 Å². The average molecular weight is 423 g/mol. The highest BCUT2D eigenvalue weighted by atomic mass is 31.1. The number of hydrogen-bond donors (Lipinski definition) is 7. The smallest absolute Gasteiger partial charge is 0.320 e. The van der Waals surface area contributed by atoms with Crippen LogP contribution >= 0.6 is 33.0 Å². The van der Waals surface area contributed by atoms with Gasteiger partial charge < -0.3 is 24.9 Å². The van der Waals surface area contributed by atoms with Crippen LogP contribution in [0.5, 0.6) is 0 Å². The van der Waals surface area contributed by atoms with Crippen molar-refractivity contribution in [3.8, 4) is 0 Å². The van der Waals surface area contributed by atoms with Gasteiger partial charge in [0, 0.05) is 0 Å². The first kappa shape index (κ1) is 23.5. The fourth-order valence-electron chi connectivity index (χ4n) is 1.19. The van der Waals surface area contributed by atoms with Gasteiger partial charge in [-0.25, -0.2) is 0 Å². The Morgan fingerprint density at radius 3 is 1.09 bits per heavy atom. The standard InChI is InChI=1S/C4H17N3O12P4/c5-3(16-20(8)9,17-21(10)11)1-7-2-4(6,18-22(12)13)19-23(14)15/h7,20-23H,1-2,5-6H2,(H,8,9)(H,10,11)(H,12,13)(H,14,15). The molecule has 0 radical (unpaired) electrons. The molecule has 0 fully saturated rings. The molecule has 0 heterocycles. The molecular formula is C4H17N3O12P4. The fraction of sp³-hybridized carbons (Fsp3) is 1.00. The van der Waals surface area contributed by atoms with Crippen LogP contribution in [0.4, 0.5) is 0 Å². The third-order valence-electron chi connectivity index (χ3n) is 1.78. The fourth-order valence-corrected chi connectivity index (χ4v) is 2.99. The van der Waals surface area contributed by atoms with Crippen molar-refractivity contribution in [2.24, 2.45) is 11.5 Å². The van der Waals surface area contributed by atoms with Crippen molar-refractivity contribution in [3.05, 3.63) is 0 Å². The molecule has 0 amide bonds. The first-order valence-electron chi connectivity index (χ1n) is 5.34. The summed E-state index contributed by atoms with van der Waals surface area (Å²) < 4.78 is 59.6. The summed E-state index contributed by atoms with van der Waals surface area (Å²) >= 11 is 0. The molecular weight excluding hydrogens is 406 g/mol. The quantitative estimate of drug-likeness (QED) is 0.125. The summed E-state index contributed by atoms with van der Waals surface area (Å²) in [5, 5.41) is 2.20. The van der Waals surface area contributed by atoms with Gasteiger partial charge in [-0.05, 0) is 0 Å². The minimum Gasteiger partial charge on any atom is -0.326 e. The molecule has 23 heavy (non-hydrogen) atoms. The third kappa shape index (κ3) is 11.6. The maximum absolute atomic E-state index is 10.6. The van der Waals surface area contributed by atoms with Gasteiger partial charge in [-0.2, -0.15) is 0 Å². The molecule has 0 saturated heterocycles. The Morgan fingerprint density at radius 2 is 0.913 bits per heavy atom. The highest BCUT2D eigenvalue weighted by molar-refractivity contribution is 7.33. The van der Waals surface area contributed by atoms with Crippen molar-refractivity contribution in [1.82, 2.24) is 5.32 Å². The van der Waals surface area contributed by atoms with Crippen molar-refractivity contribution < 1.29 is 55.9 Å². The van der Waals surface area contributed by atoms with E-state index in [0.717, 1.165) is 0 Å². The molecule has 0 aliphatic heterocycles. The largest absolute Gasteiger partial charge is 0.326 e. The van der Waals surface area contributed by atoms with E-state index in [-0.39, 0.29) is 0 Å². The van der Waals surface area contributed by atoms with Gasteiger partial charge in [-0.3, -0.25) is 47.8 Å². The molecule has 0 rings (SSSR count). The molecule has 0 aliphatic rings. The van der Waals surface area contributed by atoms with Crippen LogP contribution in [-0.4, -0.2) is 44.5 Å². The Hall–Kier alpha value is 0.480. The lowest BCUT2D eigenvalue weighted by atomic mass is 10.4. The van der Waals surface area contributed by atoms with Crippen LogP contribution in [0, 0.1) is 0 Å². The third-order valence-corrected chi connectivity index (χ3v) is 3.86. The van der Waals surface area contributed by atoms with E-state index in [1.54, 1.807) is 0 Å². The molecule has 140 valence electrons. The van der Waals surface area contributed by atoms with Gasteiger partial charge in [0.25, 0.3) is 11.8 Å². The predicted octanol–water partition coefficient (Wildman–Crippen LogP) is -2.60. The second-order valence-corrected chi connectivity index (χ2v) is 6.64. The van der Waals surface area contributed by atoms with Crippen LogP contribution in [0.2, 0.25) is 0 Å². The molecule has 4 unspecified atom stereocenters. The van der Waals surface area contributed by atoms with Crippen LogP contribution in [-0.2, 0) is 36.4 Å². The van der Waals surface area contributed by atoms with Gasteiger partial charge in [-0.15, -0.1) is 0 Å². The molecule has 0 bridgehead atoms. The van der Waals surface area contributed by atoms with Gasteiger partial charge in [0.1, 0.15) is 0 Å². The van der Waals surface area contributed by atoms with Crippen LogP contribution < -0.4 is 16.8 Å². The molecule has 9 N–H and O–H groups in total. The van der Waals surface area contributed by atoms with E-state index in [2.05, 4.69) is 23.4 Å². The number of hydrogen-bond acceptors (Lipinski definition) is 11. The number of nitrogens with two attached hydrogens (primary N) is 2. The van der Waals surface area contributed by atoms with Crippen molar-refractivity contribution in [1.29, 1.82) is 0 Å². The van der Waals surface area contributed by atoms with Crippen LogP contribution in [0.15, 0.2) is 0 Å². The molecule has 0 aromatic heterocycles. The second-order valence-electron chi connectivity index (χ2n) is 3.70. The molecule has 19 heteroatoms. The second kappa shape index (κ2) is 10.5. The topological polar surface area (TPSA) is 250 Å². The Morgan fingerprint density at radius 1 is 0.696 bits per heavy atom. The van der Waals surface area contributed by atoms with Gasteiger partial charge >= 0.3 is 33.0 Å². The van der Waals surface area contributed by atoms with Crippen molar-refractivity contribution in [2.75, 3.05) is 13.1 Å². The number of nitrogens with one attached hydrogen (secondary N) is 1. The average Bonchev–Trinajstić information content (AvgIpc) is 2.22. The van der Waals surface area contributed by atoms with E-state index in [1.807, 2.05) is 0 Å². The monoisotopic (exact) mass is 423 g/mol. The lowest BCUT2D eigenvalue weighted by molar-refractivity contribution is -0.126. The maximum Gasteiger partial charge on any atom is 0.320 e. The Kier molecular flexibility index (Phi) is 10.7. The first-order chi connectivity index (χ1) is 10.4. The molecule has 0 aromatic carbocycles. The van der Waals surface area contributed by atoms with E-state index >= 15 is 0 Å². The van der Waals surface area contributed by atoms with Gasteiger partial charge in [0.05, 0.1) is 13.1 Å². The summed E-state index contributed by atoms with van der Waals surface area (Å²) in [4.78, 5) is 34.6. The Bertz CT molecular complexity index is 413. The summed E-state index contributed by atoms with van der Waals surface area (Å²) in [6.07, 6.45) is 0. The van der Waals surface area contributed by atoms with E-state index < -0.39 is 57.9 Å². The summed E-state index contributed by atoms with van der Waals surface area (Å²) in [6.45, 7) is -1.52. The van der Waals surface area contributed by atoms with Crippen molar-refractivity contribution in [3.63, 3.8) is 0 Å². The van der Waals surface area contributed by atoms with E-state index in [1.165, 1.54) is 0 Å².